The molecule has 0 heterocycles. The van der Waals surface area contributed by atoms with Gasteiger partial charge in [0.15, 0.2) is 0 Å². The number of carboxylic acids is 1. The summed E-state index contributed by atoms with van der Waals surface area (Å²) in [6.45, 7) is 0. The fourth-order valence-electron chi connectivity index (χ4n) is 0. The summed E-state index contributed by atoms with van der Waals surface area (Å²) in [5, 5.41) is 7.59. The van der Waals surface area contributed by atoms with Crippen molar-refractivity contribution >= 4 is 27.7 Å². The molecule has 1 N–H and O–H groups in total. The van der Waals surface area contributed by atoms with Gasteiger partial charge in [-0.25, -0.2) is 0 Å². The molecule has 0 aromatic carbocycles. The van der Waals surface area contributed by atoms with Crippen molar-refractivity contribution in [1.82, 2.24) is 0 Å². The quantitative estimate of drug-likeness (QED) is 0.357. The van der Waals surface area contributed by atoms with E-state index in [2.05, 4.69) is 0 Å². The van der Waals surface area contributed by atoms with Crippen molar-refractivity contribution in [3.05, 3.63) is 0 Å². The van der Waals surface area contributed by atoms with E-state index < -0.39 is 5.97 Å². The van der Waals surface area contributed by atoms with Gasteiger partial charge in [0.25, 0.3) is 0 Å². The van der Waals surface area contributed by atoms with Crippen LogP contribution in [0.1, 0.15) is 0 Å². The zero-order chi connectivity index (χ0) is 4.28. The van der Waals surface area contributed by atoms with Crippen LogP contribution in [-0.2, 0) is 4.79 Å². The standard InChI is InChI=1S/C2H3ClO2.Be.2H/c3-1-2(4)5;;;/h1H2,(H,4,5);;;. The second-order valence-electron chi connectivity index (χ2n) is 0.527. The zero-order valence-corrected chi connectivity index (χ0v) is 3.20. The average molecular weight is 106 g/mol. The topological polar surface area (TPSA) is 37.3 Å². The van der Waals surface area contributed by atoms with Crippen LogP contribution in [0.15, 0.2) is 0 Å². The predicted octanol–water partition coefficient (Wildman–Crippen LogP) is -0.606. The molecule has 4 heteroatoms. The van der Waals surface area contributed by atoms with E-state index in [0.717, 1.165) is 0 Å². The molecule has 0 bridgehead atoms. The van der Waals surface area contributed by atoms with Crippen LogP contribution < -0.4 is 0 Å². The van der Waals surface area contributed by atoms with Crippen LogP contribution >= 0.6 is 11.6 Å². The molecule has 0 rings (SSSR count). The molecule has 0 unspecified atom stereocenters. The van der Waals surface area contributed by atoms with E-state index in [9.17, 15) is 4.79 Å². The Morgan fingerprint density at radius 1 is 1.83 bits per heavy atom. The van der Waals surface area contributed by atoms with Crippen LogP contribution in [0.4, 0.5) is 0 Å². The van der Waals surface area contributed by atoms with Gasteiger partial charge in [0.2, 0.25) is 0 Å². The Kier molecular flexibility index (Phi) is 7.67. The third-order valence-corrected chi connectivity index (χ3v) is 0.343. The van der Waals surface area contributed by atoms with Crippen molar-refractivity contribution in [1.29, 1.82) is 0 Å². The minimum absolute atomic E-state index is 0. The first-order valence-corrected chi connectivity index (χ1v) is 1.58. The van der Waals surface area contributed by atoms with Gasteiger partial charge in [0.05, 0.1) is 0 Å². The van der Waals surface area contributed by atoms with Crippen LogP contribution in [-0.4, -0.2) is 27.1 Å². The summed E-state index contributed by atoms with van der Waals surface area (Å²) in [7, 11) is 0. The van der Waals surface area contributed by atoms with Gasteiger partial charge in [-0.3, -0.25) is 4.79 Å². The molecule has 0 fully saturated rings. The van der Waals surface area contributed by atoms with Crippen molar-refractivity contribution in [2.24, 2.45) is 0 Å². The number of carboxylic acid groups (broad SMARTS) is 1. The maximum absolute atomic E-state index is 9.24. The Hall–Kier alpha value is -0.0712. The molecule has 0 aliphatic rings. The summed E-state index contributed by atoms with van der Waals surface area (Å²) in [5.41, 5.74) is 0. The van der Waals surface area contributed by atoms with E-state index in [-0.39, 0.29) is 16.0 Å². The maximum atomic E-state index is 9.24. The Morgan fingerprint density at radius 3 is 2.00 bits per heavy atom. The van der Waals surface area contributed by atoms with Crippen molar-refractivity contribution in [2.75, 3.05) is 5.88 Å². The summed E-state index contributed by atoms with van der Waals surface area (Å²) >= 11 is 4.74. The molecule has 0 aliphatic carbocycles. The van der Waals surface area contributed by atoms with Gasteiger partial charge in [0, 0.05) is 0 Å². The van der Waals surface area contributed by atoms with Gasteiger partial charge in [-0.15, -0.1) is 11.6 Å². The molecular weight excluding hydrogens is 100 g/mol. The SMILES string of the molecule is O=C(O)CCl.[BeH2]. The average Bonchev–Trinajstić information content (AvgIpc) is 1.38. The molecule has 2 nitrogen and oxygen atoms in total. The van der Waals surface area contributed by atoms with Crippen molar-refractivity contribution in [2.45, 2.75) is 0 Å². The van der Waals surface area contributed by atoms with Gasteiger partial charge in [-0.2, -0.15) is 0 Å². The Bertz CT molecular complexity index is 46.8. The monoisotopic (exact) mass is 105 g/mol. The summed E-state index contributed by atoms with van der Waals surface area (Å²) in [4.78, 5) is 9.24. The first kappa shape index (κ1) is 9.33. The normalized spacial score (nSPS) is 6.17. The zero-order valence-electron chi connectivity index (χ0n) is 2.44. The molecule has 0 aromatic heterocycles. The van der Waals surface area contributed by atoms with Crippen LogP contribution in [0.25, 0.3) is 0 Å². The number of hydrogen-bond donors (Lipinski definition) is 1. The fraction of sp³-hybridized carbons (Fsp3) is 0.500. The third kappa shape index (κ3) is 9.06. The van der Waals surface area contributed by atoms with E-state index >= 15 is 0 Å². The molecule has 0 aliphatic heterocycles. The minimum atomic E-state index is -0.980. The first-order chi connectivity index (χ1) is 2.27. The molecule has 0 spiro atoms. The van der Waals surface area contributed by atoms with Gasteiger partial charge in [-0.05, 0) is 0 Å². The molecule has 6 heavy (non-hydrogen) atoms. The number of hydrogen-bond acceptors (Lipinski definition) is 1. The van der Waals surface area contributed by atoms with E-state index in [1.54, 1.807) is 0 Å². The molecule has 0 aromatic rings. The molecular formula is C2H5BeClO2. The van der Waals surface area contributed by atoms with Gasteiger partial charge < -0.3 is 5.11 Å². The molecule has 0 saturated heterocycles. The van der Waals surface area contributed by atoms with E-state index in [1.807, 2.05) is 0 Å². The summed E-state index contributed by atoms with van der Waals surface area (Å²) in [5.74, 6) is -1.29. The molecule has 0 atom stereocenters. The Morgan fingerprint density at radius 2 is 2.00 bits per heavy atom. The van der Waals surface area contributed by atoms with E-state index in [0.29, 0.717) is 0 Å². The van der Waals surface area contributed by atoms with E-state index in [1.165, 1.54) is 0 Å². The molecule has 0 saturated carbocycles. The van der Waals surface area contributed by atoms with Crippen LogP contribution in [0.5, 0.6) is 0 Å². The van der Waals surface area contributed by atoms with Crippen LogP contribution in [0.3, 0.4) is 0 Å². The molecule has 0 radical (unpaired) electrons. The fourth-order valence-corrected chi connectivity index (χ4v) is 0. The number of aliphatic carboxylic acids is 1. The summed E-state index contributed by atoms with van der Waals surface area (Å²) in [6, 6.07) is 0. The van der Waals surface area contributed by atoms with Gasteiger partial charge in [-0.1, -0.05) is 0 Å². The number of halogens is 1. The van der Waals surface area contributed by atoms with Gasteiger partial charge >= 0.3 is 16.1 Å². The number of carbonyl (C=O) groups is 1. The van der Waals surface area contributed by atoms with E-state index in [4.69, 9.17) is 16.7 Å². The Balaban J connectivity index is 0. The summed E-state index contributed by atoms with van der Waals surface area (Å²) < 4.78 is 0. The van der Waals surface area contributed by atoms with Crippen LogP contribution in [0.2, 0.25) is 0 Å². The third-order valence-electron chi connectivity index (χ3n) is 0.114. The van der Waals surface area contributed by atoms with Crippen molar-refractivity contribution < 1.29 is 9.90 Å². The number of alkyl halides is 1. The molecule has 34 valence electrons. The summed E-state index contributed by atoms with van der Waals surface area (Å²) in [6.07, 6.45) is 0. The van der Waals surface area contributed by atoms with Crippen molar-refractivity contribution in [3.8, 4) is 0 Å². The first-order valence-electron chi connectivity index (χ1n) is 1.05. The second kappa shape index (κ2) is 4.93. The molecule has 0 amide bonds. The van der Waals surface area contributed by atoms with Crippen molar-refractivity contribution in [3.63, 3.8) is 0 Å². The number of rotatable bonds is 1. The van der Waals surface area contributed by atoms with Crippen LogP contribution in [0, 0.1) is 0 Å². The second-order valence-corrected chi connectivity index (χ2v) is 0.795. The van der Waals surface area contributed by atoms with Gasteiger partial charge in [0.1, 0.15) is 5.88 Å². The Labute approximate surface area is 44.3 Å². The predicted molar refractivity (Wildman–Crippen MR) is 26.9 cm³/mol.